The summed E-state index contributed by atoms with van der Waals surface area (Å²) < 4.78 is 27.6. The molecule has 0 fully saturated rings. The standard InChI is InChI=1S/C14H19N3O2S/c1-10(15)8-11(2)17-20(18,19)14-5-3-4-12-9-16-7-6-13(12)14/h3-7,9-11,17H,8,15H2,1-2H3. The number of nitrogens with zero attached hydrogens (tertiary/aromatic N) is 1. The van der Waals surface area contributed by atoms with Crippen molar-refractivity contribution in [2.75, 3.05) is 0 Å². The average Bonchev–Trinajstić information content (AvgIpc) is 2.36. The number of hydrogen-bond acceptors (Lipinski definition) is 4. The van der Waals surface area contributed by atoms with Gasteiger partial charge in [0.25, 0.3) is 0 Å². The van der Waals surface area contributed by atoms with Gasteiger partial charge in [0.2, 0.25) is 10.0 Å². The number of rotatable bonds is 5. The second-order valence-corrected chi connectivity index (χ2v) is 6.77. The third-order valence-electron chi connectivity index (χ3n) is 3.01. The highest BCUT2D eigenvalue weighted by Crippen LogP contribution is 2.22. The molecule has 0 aliphatic heterocycles. The first-order chi connectivity index (χ1) is 9.40. The predicted octanol–water partition coefficient (Wildman–Crippen LogP) is 1.64. The molecule has 2 rings (SSSR count). The minimum Gasteiger partial charge on any atom is -0.328 e. The van der Waals surface area contributed by atoms with Crippen molar-refractivity contribution in [2.24, 2.45) is 5.73 Å². The van der Waals surface area contributed by atoms with E-state index < -0.39 is 10.0 Å². The lowest BCUT2D eigenvalue weighted by atomic mass is 10.1. The Hall–Kier alpha value is -1.50. The second-order valence-electron chi connectivity index (χ2n) is 5.09. The zero-order valence-corrected chi connectivity index (χ0v) is 12.4. The molecule has 0 aliphatic rings. The van der Waals surface area contributed by atoms with Gasteiger partial charge < -0.3 is 5.73 Å². The normalized spacial score (nSPS) is 15.2. The molecule has 0 amide bonds. The van der Waals surface area contributed by atoms with Gasteiger partial charge in [-0.25, -0.2) is 13.1 Å². The van der Waals surface area contributed by atoms with Crippen LogP contribution in [0, 0.1) is 0 Å². The lowest BCUT2D eigenvalue weighted by molar-refractivity contribution is 0.520. The molecule has 5 nitrogen and oxygen atoms in total. The van der Waals surface area contributed by atoms with E-state index in [0.717, 1.165) is 5.39 Å². The Morgan fingerprint density at radius 1 is 1.30 bits per heavy atom. The first-order valence-electron chi connectivity index (χ1n) is 6.51. The van der Waals surface area contributed by atoms with Crippen LogP contribution in [0.25, 0.3) is 10.8 Å². The molecule has 108 valence electrons. The highest BCUT2D eigenvalue weighted by Gasteiger charge is 2.20. The van der Waals surface area contributed by atoms with E-state index in [1.54, 1.807) is 30.6 Å². The van der Waals surface area contributed by atoms with Crippen LogP contribution < -0.4 is 10.5 Å². The fraction of sp³-hybridized carbons (Fsp3) is 0.357. The van der Waals surface area contributed by atoms with Gasteiger partial charge in [0.1, 0.15) is 0 Å². The molecule has 0 saturated heterocycles. The minimum atomic E-state index is -3.57. The Balaban J connectivity index is 2.37. The summed E-state index contributed by atoms with van der Waals surface area (Å²) in [6.07, 6.45) is 3.83. The van der Waals surface area contributed by atoms with Crippen LogP contribution in [0.3, 0.4) is 0 Å². The number of benzene rings is 1. The molecule has 2 unspecified atom stereocenters. The third-order valence-corrected chi connectivity index (χ3v) is 4.66. The van der Waals surface area contributed by atoms with Crippen molar-refractivity contribution in [1.29, 1.82) is 0 Å². The van der Waals surface area contributed by atoms with Crippen molar-refractivity contribution in [3.05, 3.63) is 36.7 Å². The van der Waals surface area contributed by atoms with Crippen LogP contribution in [-0.2, 0) is 10.0 Å². The molecule has 0 aliphatic carbocycles. The SMILES string of the molecule is CC(N)CC(C)NS(=O)(=O)c1cccc2cnccc12. The second kappa shape index (κ2) is 5.87. The van der Waals surface area contributed by atoms with Crippen molar-refractivity contribution in [1.82, 2.24) is 9.71 Å². The summed E-state index contributed by atoms with van der Waals surface area (Å²) >= 11 is 0. The summed E-state index contributed by atoms with van der Waals surface area (Å²) in [6, 6.07) is 6.60. The van der Waals surface area contributed by atoms with Crippen LogP contribution in [0.1, 0.15) is 20.3 Å². The molecule has 0 saturated carbocycles. The van der Waals surface area contributed by atoms with E-state index >= 15 is 0 Å². The fourth-order valence-electron chi connectivity index (χ4n) is 2.26. The summed E-state index contributed by atoms with van der Waals surface area (Å²) in [4.78, 5) is 4.28. The van der Waals surface area contributed by atoms with Crippen LogP contribution in [0.5, 0.6) is 0 Å². The van der Waals surface area contributed by atoms with Crippen molar-refractivity contribution in [3.63, 3.8) is 0 Å². The zero-order valence-electron chi connectivity index (χ0n) is 11.6. The highest BCUT2D eigenvalue weighted by molar-refractivity contribution is 7.89. The van der Waals surface area contributed by atoms with E-state index in [-0.39, 0.29) is 17.0 Å². The van der Waals surface area contributed by atoms with Gasteiger partial charge in [0.15, 0.2) is 0 Å². The quantitative estimate of drug-likeness (QED) is 0.877. The van der Waals surface area contributed by atoms with E-state index in [9.17, 15) is 8.42 Å². The Morgan fingerprint density at radius 2 is 2.05 bits per heavy atom. The Bertz CT molecular complexity index is 693. The van der Waals surface area contributed by atoms with E-state index in [1.165, 1.54) is 0 Å². The van der Waals surface area contributed by atoms with E-state index in [0.29, 0.717) is 11.8 Å². The number of sulfonamides is 1. The van der Waals surface area contributed by atoms with Crippen molar-refractivity contribution in [3.8, 4) is 0 Å². The number of aromatic nitrogens is 1. The van der Waals surface area contributed by atoms with Gasteiger partial charge in [-0.05, 0) is 32.4 Å². The maximum atomic E-state index is 12.5. The molecular weight excluding hydrogens is 274 g/mol. The smallest absolute Gasteiger partial charge is 0.241 e. The number of nitrogens with two attached hydrogens (primary N) is 1. The number of hydrogen-bond donors (Lipinski definition) is 2. The number of nitrogens with one attached hydrogen (secondary N) is 1. The highest BCUT2D eigenvalue weighted by atomic mass is 32.2. The molecule has 3 N–H and O–H groups in total. The number of fused-ring (bicyclic) bond motifs is 1. The molecule has 1 aromatic heterocycles. The maximum absolute atomic E-state index is 12.5. The van der Waals surface area contributed by atoms with E-state index in [2.05, 4.69) is 9.71 Å². The molecule has 20 heavy (non-hydrogen) atoms. The third kappa shape index (κ3) is 3.33. The van der Waals surface area contributed by atoms with Gasteiger partial charge in [-0.3, -0.25) is 4.98 Å². The zero-order chi connectivity index (χ0) is 14.8. The molecule has 6 heteroatoms. The van der Waals surface area contributed by atoms with Crippen molar-refractivity contribution >= 4 is 20.8 Å². The van der Waals surface area contributed by atoms with Crippen LogP contribution >= 0.6 is 0 Å². The van der Waals surface area contributed by atoms with Crippen molar-refractivity contribution < 1.29 is 8.42 Å². The summed E-state index contributed by atoms with van der Waals surface area (Å²) in [6.45, 7) is 3.67. The van der Waals surface area contributed by atoms with Gasteiger partial charge in [-0.1, -0.05) is 12.1 Å². The number of pyridine rings is 1. The van der Waals surface area contributed by atoms with Gasteiger partial charge in [-0.2, -0.15) is 0 Å². The summed E-state index contributed by atoms with van der Waals surface area (Å²) in [5, 5.41) is 1.47. The average molecular weight is 293 g/mol. The molecule has 0 radical (unpaired) electrons. The maximum Gasteiger partial charge on any atom is 0.241 e. The summed E-state index contributed by atoms with van der Waals surface area (Å²) in [5.41, 5.74) is 5.70. The molecule has 2 aromatic rings. The Kier molecular flexibility index (Phi) is 4.37. The summed E-state index contributed by atoms with van der Waals surface area (Å²) in [5.74, 6) is 0. The topological polar surface area (TPSA) is 85.1 Å². The van der Waals surface area contributed by atoms with Gasteiger partial charge in [0, 0.05) is 35.2 Å². The van der Waals surface area contributed by atoms with Crippen LogP contribution in [0.2, 0.25) is 0 Å². The van der Waals surface area contributed by atoms with E-state index in [1.807, 2.05) is 19.9 Å². The molecule has 1 heterocycles. The largest absolute Gasteiger partial charge is 0.328 e. The first-order valence-corrected chi connectivity index (χ1v) is 7.99. The van der Waals surface area contributed by atoms with Crippen LogP contribution in [0.4, 0.5) is 0 Å². The first kappa shape index (κ1) is 14.9. The molecule has 2 atom stereocenters. The lowest BCUT2D eigenvalue weighted by Crippen LogP contribution is -2.36. The van der Waals surface area contributed by atoms with Crippen LogP contribution in [-0.4, -0.2) is 25.5 Å². The Morgan fingerprint density at radius 3 is 2.75 bits per heavy atom. The molecule has 0 spiro atoms. The summed E-state index contributed by atoms with van der Waals surface area (Å²) in [7, 11) is -3.57. The van der Waals surface area contributed by atoms with Crippen molar-refractivity contribution in [2.45, 2.75) is 37.2 Å². The predicted molar refractivity (Wildman–Crippen MR) is 79.8 cm³/mol. The fourth-order valence-corrected chi connectivity index (χ4v) is 3.75. The lowest BCUT2D eigenvalue weighted by Gasteiger charge is -2.17. The minimum absolute atomic E-state index is 0.0515. The van der Waals surface area contributed by atoms with Gasteiger partial charge in [-0.15, -0.1) is 0 Å². The molecule has 0 bridgehead atoms. The van der Waals surface area contributed by atoms with E-state index in [4.69, 9.17) is 5.73 Å². The molecular formula is C14H19N3O2S. The Labute approximate surface area is 119 Å². The van der Waals surface area contributed by atoms with Crippen LogP contribution in [0.15, 0.2) is 41.6 Å². The monoisotopic (exact) mass is 293 g/mol. The van der Waals surface area contributed by atoms with Gasteiger partial charge in [0.05, 0.1) is 4.90 Å². The van der Waals surface area contributed by atoms with Gasteiger partial charge >= 0.3 is 0 Å². The molecule has 1 aromatic carbocycles.